The van der Waals surface area contributed by atoms with Crippen LogP contribution in [-0.2, 0) is 22.7 Å². The number of para-hydroxylation sites is 1. The van der Waals surface area contributed by atoms with Gasteiger partial charge in [0.1, 0.15) is 18.2 Å². The monoisotopic (exact) mass is 576 g/mol. The second kappa shape index (κ2) is 12.8. The van der Waals surface area contributed by atoms with Crippen molar-refractivity contribution in [2.24, 2.45) is 0 Å². The molecule has 0 saturated carbocycles. The van der Waals surface area contributed by atoms with Crippen LogP contribution in [0.3, 0.4) is 0 Å². The van der Waals surface area contributed by atoms with E-state index < -0.39 is 0 Å². The lowest BCUT2D eigenvalue weighted by atomic mass is 9.87. The molecule has 1 aliphatic heterocycles. The van der Waals surface area contributed by atoms with Crippen molar-refractivity contribution in [2.75, 3.05) is 13.1 Å². The molecule has 5 aromatic rings. The first kappa shape index (κ1) is 28.7. The second-order valence-corrected chi connectivity index (χ2v) is 11.5. The first-order valence-electron chi connectivity index (χ1n) is 14.9. The fraction of sp³-hybridized carbons (Fsp3) is 0.270. The van der Waals surface area contributed by atoms with Gasteiger partial charge < -0.3 is 18.9 Å². The highest BCUT2D eigenvalue weighted by Gasteiger charge is 2.30. The number of carbonyl (C=O) groups is 1. The Kier molecular flexibility index (Phi) is 8.57. The molecular weight excluding hydrogens is 539 g/mol. The summed E-state index contributed by atoms with van der Waals surface area (Å²) in [6.07, 6.45) is 2.48. The number of morpholine rings is 1. The number of ether oxygens (including phenoxy) is 2. The van der Waals surface area contributed by atoms with Crippen LogP contribution in [0.15, 0.2) is 109 Å². The van der Waals surface area contributed by atoms with E-state index in [0.29, 0.717) is 32.7 Å². The lowest BCUT2D eigenvalue weighted by Crippen LogP contribution is -2.48. The minimum atomic E-state index is -0.249. The average molecular weight is 577 g/mol. The molecule has 6 heteroatoms. The van der Waals surface area contributed by atoms with Crippen LogP contribution in [0.1, 0.15) is 48.4 Å². The molecule has 220 valence electrons. The first-order chi connectivity index (χ1) is 20.9. The van der Waals surface area contributed by atoms with Gasteiger partial charge in [-0.3, -0.25) is 4.79 Å². The Morgan fingerprint density at radius 3 is 2.37 bits per heavy atom. The van der Waals surface area contributed by atoms with E-state index in [-0.39, 0.29) is 29.9 Å². The van der Waals surface area contributed by atoms with Gasteiger partial charge in [-0.25, -0.2) is 4.39 Å². The summed E-state index contributed by atoms with van der Waals surface area (Å²) >= 11 is 0. The van der Waals surface area contributed by atoms with Crippen molar-refractivity contribution in [3.8, 4) is 5.75 Å². The average Bonchev–Trinajstić information content (AvgIpc) is 3.38. The Bertz CT molecular complexity index is 1670. The van der Waals surface area contributed by atoms with Crippen LogP contribution in [-0.4, -0.2) is 40.7 Å². The molecule has 1 aliphatic rings. The molecule has 0 radical (unpaired) electrons. The smallest absolute Gasteiger partial charge is 0.223 e. The van der Waals surface area contributed by atoms with Gasteiger partial charge in [-0.2, -0.15) is 0 Å². The molecule has 3 unspecified atom stereocenters. The molecule has 1 fully saturated rings. The number of carbonyl (C=O) groups excluding carboxylic acids is 1. The van der Waals surface area contributed by atoms with Crippen LogP contribution in [0.4, 0.5) is 4.39 Å². The predicted octanol–water partition coefficient (Wildman–Crippen LogP) is 7.57. The third-order valence-corrected chi connectivity index (χ3v) is 8.12. The van der Waals surface area contributed by atoms with Crippen LogP contribution in [0.2, 0.25) is 0 Å². The maximum Gasteiger partial charge on any atom is 0.223 e. The van der Waals surface area contributed by atoms with Crippen molar-refractivity contribution in [2.45, 2.75) is 51.5 Å². The van der Waals surface area contributed by atoms with Gasteiger partial charge in [0.15, 0.2) is 0 Å². The largest absolute Gasteiger partial charge is 0.489 e. The quantitative estimate of drug-likeness (QED) is 0.182. The zero-order chi connectivity index (χ0) is 29.8. The Labute approximate surface area is 252 Å². The molecule has 5 nitrogen and oxygen atoms in total. The van der Waals surface area contributed by atoms with E-state index in [4.69, 9.17) is 9.47 Å². The van der Waals surface area contributed by atoms with Crippen molar-refractivity contribution in [1.29, 1.82) is 0 Å². The van der Waals surface area contributed by atoms with Gasteiger partial charge in [0.2, 0.25) is 5.91 Å². The van der Waals surface area contributed by atoms with Gasteiger partial charge in [0, 0.05) is 49.1 Å². The number of aromatic nitrogens is 1. The molecule has 1 aromatic heterocycles. The molecule has 2 heterocycles. The maximum atomic E-state index is 13.9. The van der Waals surface area contributed by atoms with E-state index in [9.17, 15) is 9.18 Å². The summed E-state index contributed by atoms with van der Waals surface area (Å²) < 4.78 is 27.9. The molecule has 1 amide bonds. The van der Waals surface area contributed by atoms with Crippen LogP contribution in [0.5, 0.6) is 5.75 Å². The molecule has 4 aromatic carbocycles. The van der Waals surface area contributed by atoms with E-state index in [1.54, 1.807) is 0 Å². The predicted molar refractivity (Wildman–Crippen MR) is 168 cm³/mol. The summed E-state index contributed by atoms with van der Waals surface area (Å²) in [5, 5.41) is 1.10. The minimum absolute atomic E-state index is 0.00140. The fourth-order valence-corrected chi connectivity index (χ4v) is 6.12. The van der Waals surface area contributed by atoms with Crippen molar-refractivity contribution < 1.29 is 18.7 Å². The summed E-state index contributed by atoms with van der Waals surface area (Å²) in [6.45, 7) is 6.27. The van der Waals surface area contributed by atoms with E-state index in [1.165, 1.54) is 12.1 Å². The molecule has 0 N–H and O–H groups in total. The number of halogens is 1. The molecular formula is C37H37FN2O3. The minimum Gasteiger partial charge on any atom is -0.489 e. The number of rotatable bonds is 9. The number of nitrogens with zero attached hydrogens (tertiary/aromatic N) is 2. The Morgan fingerprint density at radius 2 is 1.60 bits per heavy atom. The van der Waals surface area contributed by atoms with Gasteiger partial charge in [0.05, 0.1) is 12.2 Å². The highest BCUT2D eigenvalue weighted by Crippen LogP contribution is 2.37. The summed E-state index contributed by atoms with van der Waals surface area (Å²) in [7, 11) is 0. The number of hydrogen-bond acceptors (Lipinski definition) is 3. The van der Waals surface area contributed by atoms with Crippen LogP contribution in [0.25, 0.3) is 10.9 Å². The topological polar surface area (TPSA) is 43.7 Å². The Morgan fingerprint density at radius 1 is 0.884 bits per heavy atom. The third-order valence-electron chi connectivity index (χ3n) is 8.12. The van der Waals surface area contributed by atoms with Crippen molar-refractivity contribution in [3.63, 3.8) is 0 Å². The first-order valence-corrected chi connectivity index (χ1v) is 14.9. The zero-order valence-corrected chi connectivity index (χ0v) is 24.7. The van der Waals surface area contributed by atoms with Gasteiger partial charge in [-0.15, -0.1) is 0 Å². The molecule has 0 spiro atoms. The number of benzene rings is 4. The lowest BCUT2D eigenvalue weighted by molar-refractivity contribution is -0.143. The highest BCUT2D eigenvalue weighted by molar-refractivity contribution is 5.87. The second-order valence-electron chi connectivity index (χ2n) is 11.5. The number of amides is 1. The summed E-state index contributed by atoms with van der Waals surface area (Å²) in [5.74, 6) is 0.433. The van der Waals surface area contributed by atoms with Crippen LogP contribution < -0.4 is 4.74 Å². The normalized spacial score (nSPS) is 17.6. The van der Waals surface area contributed by atoms with E-state index >= 15 is 0 Å². The molecule has 1 saturated heterocycles. The van der Waals surface area contributed by atoms with Crippen molar-refractivity contribution in [3.05, 3.63) is 137 Å². The molecule has 3 atom stereocenters. The third kappa shape index (κ3) is 6.81. The Hall–Kier alpha value is -4.42. The standard InChI is InChI=1S/C37H37FN2O3/c1-26-21-40(22-27(2)43-26)37(41)20-34(30-11-8-12-32(19-30)42-25-29-9-4-3-5-10-29)35-24-39(36-14-7-6-13-33(35)36)23-28-15-17-31(38)18-16-28/h3-19,24,26-27,34H,20-23,25H2,1-2H3. The highest BCUT2D eigenvalue weighted by atomic mass is 19.1. The molecule has 6 rings (SSSR count). The van der Waals surface area contributed by atoms with E-state index in [1.807, 2.05) is 85.5 Å². The number of hydrogen-bond donors (Lipinski definition) is 0. The van der Waals surface area contributed by atoms with Gasteiger partial charge >= 0.3 is 0 Å². The molecule has 0 bridgehead atoms. The maximum absolute atomic E-state index is 13.9. The lowest BCUT2D eigenvalue weighted by Gasteiger charge is -2.36. The summed E-state index contributed by atoms with van der Waals surface area (Å²) in [6, 6.07) is 33.1. The van der Waals surface area contributed by atoms with Crippen molar-refractivity contribution in [1.82, 2.24) is 9.47 Å². The van der Waals surface area contributed by atoms with Crippen LogP contribution >= 0.6 is 0 Å². The van der Waals surface area contributed by atoms with Crippen LogP contribution in [0, 0.1) is 5.82 Å². The van der Waals surface area contributed by atoms with E-state index in [2.05, 4.69) is 35.0 Å². The van der Waals surface area contributed by atoms with Crippen molar-refractivity contribution >= 4 is 16.8 Å². The van der Waals surface area contributed by atoms with Gasteiger partial charge in [-0.05, 0) is 66.4 Å². The van der Waals surface area contributed by atoms with E-state index in [0.717, 1.165) is 38.9 Å². The molecule has 0 aliphatic carbocycles. The Balaban J connectivity index is 1.37. The molecule has 43 heavy (non-hydrogen) atoms. The van der Waals surface area contributed by atoms with Gasteiger partial charge in [-0.1, -0.05) is 72.8 Å². The fourth-order valence-electron chi connectivity index (χ4n) is 6.12. The van der Waals surface area contributed by atoms with Gasteiger partial charge in [0.25, 0.3) is 0 Å². The SMILES string of the molecule is CC1CN(C(=O)CC(c2cccc(OCc3ccccc3)c2)c2cn(Cc3ccc(F)cc3)c3ccccc23)CC(C)O1. The summed E-state index contributed by atoms with van der Waals surface area (Å²) in [5.41, 5.74) is 5.29. The summed E-state index contributed by atoms with van der Waals surface area (Å²) in [4.78, 5) is 15.8. The number of fused-ring (bicyclic) bond motifs is 1. The zero-order valence-electron chi connectivity index (χ0n) is 24.7.